The molecule has 2 aliphatic heterocycles. The lowest BCUT2D eigenvalue weighted by Crippen LogP contribution is -2.45. The molecular formula is C20H26N4O5S. The number of nitrogens with zero attached hydrogens (tertiary/aromatic N) is 2. The first-order valence-electron chi connectivity index (χ1n) is 10.2. The van der Waals surface area contributed by atoms with Gasteiger partial charge in [0.25, 0.3) is 5.91 Å². The van der Waals surface area contributed by atoms with Crippen molar-refractivity contribution in [3.8, 4) is 0 Å². The van der Waals surface area contributed by atoms with Crippen LogP contribution in [0.25, 0.3) is 0 Å². The highest BCUT2D eigenvalue weighted by Gasteiger charge is 2.34. The third-order valence-electron chi connectivity index (χ3n) is 5.69. The molecule has 2 aromatic heterocycles. The number of piperidine rings is 1. The van der Waals surface area contributed by atoms with Crippen LogP contribution < -0.4 is 5.32 Å². The Hall–Kier alpha value is -2.59. The van der Waals surface area contributed by atoms with Crippen molar-refractivity contribution in [1.82, 2.24) is 19.5 Å². The van der Waals surface area contributed by atoms with Crippen LogP contribution in [0.5, 0.6) is 0 Å². The highest BCUT2D eigenvalue weighted by molar-refractivity contribution is 7.89. The minimum absolute atomic E-state index is 0.0571. The Bertz CT molecular complexity index is 992. The molecule has 2 saturated heterocycles. The van der Waals surface area contributed by atoms with Crippen molar-refractivity contribution in [2.24, 2.45) is 5.92 Å². The topological polar surface area (TPSA) is 116 Å². The van der Waals surface area contributed by atoms with E-state index in [4.69, 9.17) is 4.42 Å². The second kappa shape index (κ2) is 8.65. The number of likely N-dealkylation sites (tertiary alicyclic amines) is 1. The summed E-state index contributed by atoms with van der Waals surface area (Å²) < 4.78 is 32.7. The molecule has 162 valence electrons. The molecule has 2 aromatic rings. The van der Waals surface area contributed by atoms with Crippen molar-refractivity contribution in [3.05, 3.63) is 42.1 Å². The zero-order valence-electron chi connectivity index (χ0n) is 16.7. The molecule has 2 fully saturated rings. The number of hydrogen-bond acceptors (Lipinski definition) is 5. The summed E-state index contributed by atoms with van der Waals surface area (Å²) in [5, 5.41) is 2.81. The Morgan fingerprint density at radius 2 is 2.00 bits per heavy atom. The summed E-state index contributed by atoms with van der Waals surface area (Å²) in [5.74, 6) is -0.146. The van der Waals surface area contributed by atoms with Gasteiger partial charge in [0.1, 0.15) is 16.3 Å². The van der Waals surface area contributed by atoms with Crippen molar-refractivity contribution >= 4 is 21.8 Å². The molecule has 30 heavy (non-hydrogen) atoms. The van der Waals surface area contributed by atoms with Crippen molar-refractivity contribution in [3.63, 3.8) is 0 Å². The third-order valence-corrected chi connectivity index (χ3v) is 7.53. The average Bonchev–Trinajstić information content (AvgIpc) is 3.53. The molecule has 0 bridgehead atoms. The van der Waals surface area contributed by atoms with Gasteiger partial charge in [-0.25, -0.2) is 8.42 Å². The molecule has 0 aromatic carbocycles. The van der Waals surface area contributed by atoms with Crippen LogP contribution in [0.4, 0.5) is 0 Å². The lowest BCUT2D eigenvalue weighted by Gasteiger charge is -2.30. The number of sulfonamides is 1. The van der Waals surface area contributed by atoms with Crippen LogP contribution in [-0.2, 0) is 21.4 Å². The second-order valence-electron chi connectivity index (χ2n) is 7.75. The average molecular weight is 435 g/mol. The first kappa shape index (κ1) is 20.7. The Balaban J connectivity index is 1.41. The monoisotopic (exact) mass is 434 g/mol. The van der Waals surface area contributed by atoms with E-state index >= 15 is 0 Å². The first-order valence-corrected chi connectivity index (χ1v) is 11.7. The van der Waals surface area contributed by atoms with E-state index in [1.807, 2.05) is 0 Å². The number of furan rings is 1. The summed E-state index contributed by atoms with van der Waals surface area (Å²) in [6.07, 6.45) is 6.06. The highest BCUT2D eigenvalue weighted by Crippen LogP contribution is 2.25. The predicted molar refractivity (Wildman–Crippen MR) is 108 cm³/mol. The lowest BCUT2D eigenvalue weighted by atomic mass is 9.99. The quantitative estimate of drug-likeness (QED) is 0.716. The molecule has 0 spiro atoms. The molecule has 0 saturated carbocycles. The number of aromatic nitrogens is 1. The van der Waals surface area contributed by atoms with Crippen molar-refractivity contribution in [2.45, 2.75) is 37.1 Å². The van der Waals surface area contributed by atoms with Gasteiger partial charge < -0.3 is 19.6 Å². The molecule has 9 nitrogen and oxygen atoms in total. The van der Waals surface area contributed by atoms with Crippen LogP contribution in [0.1, 0.15) is 41.9 Å². The maximum absolute atomic E-state index is 13.1. The number of carbonyl (C=O) groups is 2. The van der Waals surface area contributed by atoms with Gasteiger partial charge >= 0.3 is 0 Å². The van der Waals surface area contributed by atoms with Crippen LogP contribution in [-0.4, -0.2) is 60.6 Å². The molecule has 2 N–H and O–H groups in total. The maximum atomic E-state index is 13.1. The lowest BCUT2D eigenvalue weighted by molar-refractivity contribution is -0.126. The van der Waals surface area contributed by atoms with Crippen molar-refractivity contribution in [1.29, 1.82) is 0 Å². The van der Waals surface area contributed by atoms with Crippen LogP contribution in [0.3, 0.4) is 0 Å². The van der Waals surface area contributed by atoms with E-state index in [9.17, 15) is 18.0 Å². The predicted octanol–water partition coefficient (Wildman–Crippen LogP) is 1.56. The van der Waals surface area contributed by atoms with E-state index in [1.54, 1.807) is 17.0 Å². The van der Waals surface area contributed by atoms with Crippen molar-refractivity contribution < 1.29 is 22.4 Å². The summed E-state index contributed by atoms with van der Waals surface area (Å²) in [5.41, 5.74) is 0.278. The molecule has 10 heteroatoms. The largest absolute Gasteiger partial charge is 0.467 e. The maximum Gasteiger partial charge on any atom is 0.270 e. The number of hydrogen-bond donors (Lipinski definition) is 2. The number of H-pyrrole nitrogens is 1. The Morgan fingerprint density at radius 1 is 1.20 bits per heavy atom. The van der Waals surface area contributed by atoms with Gasteiger partial charge in [-0.1, -0.05) is 0 Å². The van der Waals surface area contributed by atoms with Crippen LogP contribution in [0.15, 0.2) is 40.0 Å². The number of carbonyl (C=O) groups excluding carboxylic acids is 2. The molecule has 4 rings (SSSR count). The molecule has 0 unspecified atom stereocenters. The summed E-state index contributed by atoms with van der Waals surface area (Å²) in [7, 11) is -3.79. The zero-order chi connectivity index (χ0) is 21.1. The van der Waals surface area contributed by atoms with Crippen LogP contribution >= 0.6 is 0 Å². The fourth-order valence-corrected chi connectivity index (χ4v) is 5.51. The van der Waals surface area contributed by atoms with Gasteiger partial charge in [-0.2, -0.15) is 4.31 Å². The van der Waals surface area contributed by atoms with Crippen molar-refractivity contribution in [2.75, 3.05) is 26.2 Å². The van der Waals surface area contributed by atoms with E-state index in [1.165, 1.54) is 22.8 Å². The molecule has 2 aliphatic rings. The second-order valence-corrected chi connectivity index (χ2v) is 9.69. The summed E-state index contributed by atoms with van der Waals surface area (Å²) >= 11 is 0. The fraction of sp³-hybridized carbons (Fsp3) is 0.500. The SMILES string of the molecule is O=C(NCc1ccco1)[C@@H]1CCCN(S(=O)(=O)c2c[nH]c(C(=O)N3CCCC3)c2)C1. The summed E-state index contributed by atoms with van der Waals surface area (Å²) in [6, 6.07) is 4.91. The van der Waals surface area contributed by atoms with Crippen LogP contribution in [0, 0.1) is 5.92 Å². The highest BCUT2D eigenvalue weighted by atomic mass is 32.2. The van der Waals surface area contributed by atoms with Gasteiger partial charge in [-0.15, -0.1) is 0 Å². The molecular weight excluding hydrogens is 408 g/mol. The van der Waals surface area contributed by atoms with Crippen LogP contribution in [0.2, 0.25) is 0 Å². The smallest absolute Gasteiger partial charge is 0.270 e. The minimum Gasteiger partial charge on any atom is -0.467 e. The van der Waals surface area contributed by atoms with Gasteiger partial charge in [-0.05, 0) is 43.9 Å². The van der Waals surface area contributed by atoms with Gasteiger partial charge in [0.15, 0.2) is 0 Å². The standard InChI is InChI=1S/C20H26N4O5S/c25-19(22-12-16-6-4-10-29-16)15-5-3-9-24(14-15)30(27,28)17-11-18(21-13-17)20(26)23-7-1-2-8-23/h4,6,10-11,13,15,21H,1-3,5,7-9,12,14H2,(H,22,25)/t15-/m1/s1. The molecule has 0 radical (unpaired) electrons. The molecule has 4 heterocycles. The van der Waals surface area contributed by atoms with Gasteiger partial charge in [0, 0.05) is 32.4 Å². The van der Waals surface area contributed by atoms with E-state index in [-0.39, 0.29) is 35.5 Å². The molecule has 1 atom stereocenters. The molecule has 2 amide bonds. The Labute approximate surface area is 175 Å². The Morgan fingerprint density at radius 3 is 2.73 bits per heavy atom. The van der Waals surface area contributed by atoms with E-state index < -0.39 is 15.9 Å². The van der Waals surface area contributed by atoms with Gasteiger partial charge in [0.2, 0.25) is 15.9 Å². The summed E-state index contributed by atoms with van der Waals surface area (Å²) in [6.45, 7) is 2.13. The number of nitrogens with one attached hydrogen (secondary N) is 2. The zero-order valence-corrected chi connectivity index (χ0v) is 17.5. The minimum atomic E-state index is -3.79. The normalized spacial score (nSPS) is 20.4. The van der Waals surface area contributed by atoms with E-state index in [2.05, 4.69) is 10.3 Å². The number of amides is 2. The summed E-state index contributed by atoms with van der Waals surface area (Å²) in [4.78, 5) is 29.6. The van der Waals surface area contributed by atoms with Gasteiger partial charge in [-0.3, -0.25) is 9.59 Å². The number of rotatable bonds is 6. The van der Waals surface area contributed by atoms with E-state index in [0.717, 1.165) is 12.8 Å². The Kier molecular flexibility index (Phi) is 5.96. The van der Waals surface area contributed by atoms with E-state index in [0.29, 0.717) is 38.2 Å². The third kappa shape index (κ3) is 4.29. The molecule has 0 aliphatic carbocycles. The van der Waals surface area contributed by atoms with Gasteiger partial charge in [0.05, 0.1) is 18.7 Å². The number of aromatic amines is 1. The first-order chi connectivity index (χ1) is 14.4. The fourth-order valence-electron chi connectivity index (χ4n) is 3.99.